The molecule has 50 heavy (non-hydrogen) atoms. The lowest BCUT2D eigenvalue weighted by Crippen LogP contribution is -2.37. The Morgan fingerprint density at radius 1 is 1.08 bits per heavy atom. The fraction of sp³-hybridized carbons (Fsp3) is 0.342. The van der Waals surface area contributed by atoms with Crippen molar-refractivity contribution in [3.8, 4) is 28.4 Å². The molecule has 0 bridgehead atoms. The molecule has 1 amide bonds. The highest BCUT2D eigenvalue weighted by molar-refractivity contribution is 6.32. The van der Waals surface area contributed by atoms with Gasteiger partial charge >= 0.3 is 5.97 Å². The molecule has 0 spiro atoms. The SMILES string of the molecule is Cc1cc(OCCCc2c3n(c4c(-c5c(C)nn(C)c5C)cccc24)CCC(Cl)N(c2cc4c(c(C(=O)O)c2)OCCO4)C3=O)cc(C)c1Cl. The van der Waals surface area contributed by atoms with E-state index < -0.39 is 11.5 Å². The van der Waals surface area contributed by atoms with Crippen molar-refractivity contribution in [2.75, 3.05) is 24.7 Å². The largest absolute Gasteiger partial charge is 0.494 e. The van der Waals surface area contributed by atoms with Crippen LogP contribution in [0.5, 0.6) is 17.2 Å². The number of halogens is 2. The normalized spacial score (nSPS) is 15.7. The third-order valence-electron chi connectivity index (χ3n) is 9.64. The van der Waals surface area contributed by atoms with Gasteiger partial charge in [-0.25, -0.2) is 4.79 Å². The summed E-state index contributed by atoms with van der Waals surface area (Å²) < 4.78 is 21.6. The lowest BCUT2D eigenvalue weighted by atomic mass is 9.98. The minimum Gasteiger partial charge on any atom is -0.494 e. The Morgan fingerprint density at radius 3 is 2.52 bits per heavy atom. The second-order valence-corrected chi connectivity index (χ2v) is 13.8. The van der Waals surface area contributed by atoms with Crippen LogP contribution in [0.3, 0.4) is 0 Å². The molecule has 4 heterocycles. The number of carbonyl (C=O) groups excluding carboxylic acids is 1. The highest BCUT2D eigenvalue weighted by atomic mass is 35.5. The third kappa shape index (κ3) is 5.74. The van der Waals surface area contributed by atoms with Crippen molar-refractivity contribution in [1.82, 2.24) is 14.3 Å². The number of aryl methyl sites for hydroxylation is 6. The molecule has 2 aromatic heterocycles. The molecule has 5 aromatic rings. The molecule has 7 rings (SSSR count). The van der Waals surface area contributed by atoms with Gasteiger partial charge < -0.3 is 23.9 Å². The average Bonchev–Trinajstić information content (AvgIpc) is 3.49. The topological polar surface area (TPSA) is 108 Å². The van der Waals surface area contributed by atoms with E-state index in [-0.39, 0.29) is 36.2 Å². The smallest absolute Gasteiger partial charge is 0.339 e. The van der Waals surface area contributed by atoms with E-state index in [0.717, 1.165) is 60.9 Å². The minimum absolute atomic E-state index is 0.0893. The summed E-state index contributed by atoms with van der Waals surface area (Å²) >= 11 is 13.4. The Labute approximate surface area is 300 Å². The zero-order chi connectivity index (χ0) is 35.4. The zero-order valence-electron chi connectivity index (χ0n) is 28.6. The number of carboxylic acids is 1. The molecule has 12 heteroatoms. The van der Waals surface area contributed by atoms with E-state index in [0.29, 0.717) is 43.8 Å². The summed E-state index contributed by atoms with van der Waals surface area (Å²) in [4.78, 5) is 28.8. The van der Waals surface area contributed by atoms with Crippen LogP contribution >= 0.6 is 23.2 Å². The van der Waals surface area contributed by atoms with Gasteiger partial charge in [0.2, 0.25) is 0 Å². The van der Waals surface area contributed by atoms with E-state index in [1.807, 2.05) is 57.6 Å². The Hall–Kier alpha value is -4.67. The van der Waals surface area contributed by atoms with Crippen LogP contribution in [-0.2, 0) is 20.0 Å². The molecule has 0 saturated carbocycles. The molecule has 0 radical (unpaired) electrons. The standard InChI is InChI=1S/C38H38Cl2N4O6/c1-20-16-25(17-21(2)33(20)40)48-13-7-10-27-26-8-6-9-28(32-22(3)41-42(5)23(32)4)34(26)43-12-11-31(39)44(37(45)35(27)43)24-18-29(38(46)47)36-30(19-24)49-14-15-50-36/h6,8-9,16-19,31H,7,10-15H2,1-5H3,(H,46,47). The Bertz CT molecular complexity index is 2160. The Kier molecular flexibility index (Phi) is 8.94. The number of nitrogens with zero attached hydrogens (tertiary/aromatic N) is 4. The summed E-state index contributed by atoms with van der Waals surface area (Å²) in [5, 5.41) is 16.5. The predicted octanol–water partition coefficient (Wildman–Crippen LogP) is 8.03. The van der Waals surface area contributed by atoms with E-state index in [2.05, 4.69) is 16.7 Å². The maximum atomic E-state index is 15.0. The first-order valence-corrected chi connectivity index (χ1v) is 17.5. The molecule has 0 fully saturated rings. The van der Waals surface area contributed by atoms with E-state index in [1.165, 1.54) is 11.0 Å². The van der Waals surface area contributed by atoms with Crippen LogP contribution in [-0.4, -0.2) is 56.7 Å². The van der Waals surface area contributed by atoms with E-state index >= 15 is 0 Å². The molecule has 1 N–H and O–H groups in total. The Morgan fingerprint density at radius 2 is 1.82 bits per heavy atom. The maximum Gasteiger partial charge on any atom is 0.339 e. The first-order valence-electron chi connectivity index (χ1n) is 16.6. The zero-order valence-corrected chi connectivity index (χ0v) is 30.1. The molecular weight excluding hydrogens is 679 g/mol. The second kappa shape index (κ2) is 13.2. The number of benzene rings is 3. The molecule has 0 aliphatic carbocycles. The highest BCUT2D eigenvalue weighted by Crippen LogP contribution is 2.43. The number of aromatic nitrogens is 3. The van der Waals surface area contributed by atoms with E-state index in [4.69, 9.17) is 42.5 Å². The van der Waals surface area contributed by atoms with Crippen LogP contribution in [0.1, 0.15) is 61.8 Å². The third-order valence-corrected chi connectivity index (χ3v) is 10.7. The van der Waals surface area contributed by atoms with Crippen LogP contribution in [0.4, 0.5) is 5.69 Å². The summed E-state index contributed by atoms with van der Waals surface area (Å²) in [6.07, 6.45) is 1.59. The minimum atomic E-state index is -1.19. The molecule has 260 valence electrons. The number of carboxylic acid groups (broad SMARTS) is 1. The number of aromatic carboxylic acids is 1. The van der Waals surface area contributed by atoms with Crippen molar-refractivity contribution in [2.45, 2.75) is 59.0 Å². The van der Waals surface area contributed by atoms with Crippen molar-refractivity contribution in [2.24, 2.45) is 7.05 Å². The van der Waals surface area contributed by atoms with Gasteiger partial charge in [-0.1, -0.05) is 41.4 Å². The number of anilines is 1. The number of amides is 1. The van der Waals surface area contributed by atoms with Gasteiger partial charge in [-0.3, -0.25) is 14.4 Å². The van der Waals surface area contributed by atoms with Gasteiger partial charge in [0.15, 0.2) is 11.5 Å². The van der Waals surface area contributed by atoms with Gasteiger partial charge in [-0.2, -0.15) is 5.10 Å². The lowest BCUT2D eigenvalue weighted by molar-refractivity contribution is 0.0685. The van der Waals surface area contributed by atoms with Crippen molar-refractivity contribution in [3.63, 3.8) is 0 Å². The lowest BCUT2D eigenvalue weighted by Gasteiger charge is -2.28. The molecule has 1 unspecified atom stereocenters. The van der Waals surface area contributed by atoms with Crippen molar-refractivity contribution in [1.29, 1.82) is 0 Å². The number of hydrogen-bond acceptors (Lipinski definition) is 6. The number of para-hydroxylation sites is 1. The van der Waals surface area contributed by atoms with Crippen molar-refractivity contribution in [3.05, 3.63) is 86.8 Å². The van der Waals surface area contributed by atoms with Crippen LogP contribution < -0.4 is 19.1 Å². The molecule has 2 aliphatic heterocycles. The average molecular weight is 718 g/mol. The summed E-state index contributed by atoms with van der Waals surface area (Å²) in [6, 6.07) is 13.1. The van der Waals surface area contributed by atoms with Gasteiger partial charge in [0.1, 0.15) is 35.7 Å². The molecule has 10 nitrogen and oxygen atoms in total. The van der Waals surface area contributed by atoms with Gasteiger partial charge in [-0.15, -0.1) is 0 Å². The van der Waals surface area contributed by atoms with Crippen molar-refractivity contribution < 1.29 is 28.9 Å². The summed E-state index contributed by atoms with van der Waals surface area (Å²) in [6.45, 7) is 9.34. The molecule has 0 saturated heterocycles. The number of carbonyl (C=O) groups is 2. The molecule has 1 atom stereocenters. The monoisotopic (exact) mass is 716 g/mol. The number of alkyl halides is 1. The van der Waals surface area contributed by atoms with Gasteiger partial charge in [0.25, 0.3) is 5.91 Å². The number of fused-ring (bicyclic) bond motifs is 4. The summed E-state index contributed by atoms with van der Waals surface area (Å²) in [5.74, 6) is -0.349. The van der Waals surface area contributed by atoms with Crippen LogP contribution in [0.2, 0.25) is 5.02 Å². The van der Waals surface area contributed by atoms with Gasteiger partial charge in [0, 0.05) is 53.3 Å². The van der Waals surface area contributed by atoms with Crippen molar-refractivity contribution >= 4 is 51.7 Å². The molecular formula is C38H38Cl2N4O6. The van der Waals surface area contributed by atoms with Crippen LogP contribution in [0.15, 0.2) is 42.5 Å². The summed E-state index contributed by atoms with van der Waals surface area (Å²) in [5.41, 5.74) is 7.63. The quantitative estimate of drug-likeness (QED) is 0.0984. The fourth-order valence-corrected chi connectivity index (χ4v) is 7.73. The van der Waals surface area contributed by atoms with Crippen LogP contribution in [0, 0.1) is 27.7 Å². The summed E-state index contributed by atoms with van der Waals surface area (Å²) in [7, 11) is 1.93. The molecule has 3 aromatic carbocycles. The first-order chi connectivity index (χ1) is 24.0. The van der Waals surface area contributed by atoms with E-state index in [9.17, 15) is 14.7 Å². The number of hydrogen-bond donors (Lipinski definition) is 1. The fourth-order valence-electron chi connectivity index (χ4n) is 7.32. The predicted molar refractivity (Wildman–Crippen MR) is 194 cm³/mol. The first kappa shape index (κ1) is 33.8. The number of ether oxygens (including phenoxy) is 3. The van der Waals surface area contributed by atoms with Gasteiger partial charge in [-0.05, 0) is 75.4 Å². The second-order valence-electron chi connectivity index (χ2n) is 12.9. The molecule has 2 aliphatic rings. The maximum absolute atomic E-state index is 15.0. The number of rotatable bonds is 8. The van der Waals surface area contributed by atoms with E-state index in [1.54, 1.807) is 6.07 Å². The van der Waals surface area contributed by atoms with Crippen LogP contribution in [0.25, 0.3) is 22.0 Å². The Balaban J connectivity index is 1.35. The van der Waals surface area contributed by atoms with Gasteiger partial charge in [0.05, 0.1) is 23.5 Å². The highest BCUT2D eigenvalue weighted by Gasteiger charge is 2.37.